The lowest BCUT2D eigenvalue weighted by molar-refractivity contribution is -0.142. The van der Waals surface area contributed by atoms with Crippen LogP contribution in [-0.2, 0) is 23.1 Å². The zero-order valence-electron chi connectivity index (χ0n) is 24.8. The summed E-state index contributed by atoms with van der Waals surface area (Å²) in [6.45, 7) is 2.53. The van der Waals surface area contributed by atoms with Crippen molar-refractivity contribution in [3.63, 3.8) is 0 Å². The molecule has 5 rings (SSSR count). The molecule has 3 N–H and O–H groups in total. The molecule has 1 aromatic heterocycles. The number of phenolic OH excluding ortho intramolecular Hbond substituents is 1. The third kappa shape index (κ3) is 7.14. The van der Waals surface area contributed by atoms with Crippen molar-refractivity contribution in [1.82, 2.24) is 20.0 Å². The number of phenols is 1. The third-order valence-corrected chi connectivity index (χ3v) is 7.75. The number of nitrogens with one attached hydrogen (secondary N) is 2. The molecule has 1 saturated heterocycles. The molecule has 2 unspecified atom stereocenters. The fourth-order valence-electron chi connectivity index (χ4n) is 5.45. The Labute approximate surface area is 252 Å². The minimum Gasteiger partial charge on any atom is -0.507 e. The predicted octanol–water partition coefficient (Wildman–Crippen LogP) is 4.65. The largest absolute Gasteiger partial charge is 0.507 e. The second-order valence-corrected chi connectivity index (χ2v) is 11.0. The number of likely N-dealkylation sites (tertiary alicyclic amines) is 1. The van der Waals surface area contributed by atoms with Crippen LogP contribution in [0.4, 0.5) is 5.69 Å². The zero-order valence-corrected chi connectivity index (χ0v) is 24.8. The SMILES string of the molecule is CNC(Cc1ccccc1)C(=O)N1CCCCC1C(=O)Nc1ccc(C#Cc2cn(C)nc2-c2cc(C)ccc2O)cc1. The number of carbonyl (C=O) groups excluding carboxylic acids is 2. The van der Waals surface area contributed by atoms with Gasteiger partial charge in [-0.05, 0) is 81.6 Å². The Morgan fingerprint density at radius 2 is 1.81 bits per heavy atom. The summed E-state index contributed by atoms with van der Waals surface area (Å²) < 4.78 is 1.68. The van der Waals surface area contributed by atoms with Gasteiger partial charge in [-0.3, -0.25) is 14.3 Å². The molecule has 43 heavy (non-hydrogen) atoms. The van der Waals surface area contributed by atoms with Gasteiger partial charge in [0.1, 0.15) is 17.5 Å². The highest BCUT2D eigenvalue weighted by Crippen LogP contribution is 2.31. The third-order valence-electron chi connectivity index (χ3n) is 7.75. The molecule has 220 valence electrons. The molecule has 8 heteroatoms. The summed E-state index contributed by atoms with van der Waals surface area (Å²) in [5, 5.41) is 21.1. The molecule has 1 fully saturated rings. The number of aryl methyl sites for hydroxylation is 2. The Balaban J connectivity index is 1.27. The lowest BCUT2D eigenvalue weighted by Crippen LogP contribution is -2.55. The van der Waals surface area contributed by atoms with Crippen LogP contribution in [0.5, 0.6) is 5.75 Å². The maximum atomic E-state index is 13.5. The quantitative estimate of drug-likeness (QED) is 0.279. The van der Waals surface area contributed by atoms with E-state index >= 15 is 0 Å². The predicted molar refractivity (Wildman–Crippen MR) is 168 cm³/mol. The van der Waals surface area contributed by atoms with Crippen LogP contribution in [-0.4, -0.2) is 57.3 Å². The van der Waals surface area contributed by atoms with E-state index in [1.54, 1.807) is 22.7 Å². The van der Waals surface area contributed by atoms with Gasteiger partial charge in [0, 0.05) is 36.6 Å². The Kier molecular flexibility index (Phi) is 9.23. The number of aromatic hydroxyl groups is 1. The fourth-order valence-corrected chi connectivity index (χ4v) is 5.45. The first-order chi connectivity index (χ1) is 20.8. The van der Waals surface area contributed by atoms with Gasteiger partial charge in [-0.25, -0.2) is 0 Å². The van der Waals surface area contributed by atoms with E-state index in [-0.39, 0.29) is 17.6 Å². The number of piperidine rings is 1. The number of benzene rings is 3. The van der Waals surface area contributed by atoms with Crippen molar-refractivity contribution in [3.8, 4) is 28.8 Å². The van der Waals surface area contributed by atoms with Gasteiger partial charge in [-0.1, -0.05) is 53.8 Å². The van der Waals surface area contributed by atoms with Crippen LogP contribution in [0.1, 0.15) is 41.5 Å². The number of rotatable bonds is 7. The van der Waals surface area contributed by atoms with Crippen LogP contribution >= 0.6 is 0 Å². The van der Waals surface area contributed by atoms with Gasteiger partial charge in [0.15, 0.2) is 0 Å². The standard InChI is InChI=1S/C35H37N5O3/c1-24-12-19-32(41)29(21-24)33-27(23-39(3)38-33)16-13-25-14-17-28(18-15-25)37-34(42)31-11-7-8-20-40(31)35(43)30(36-2)22-26-9-5-4-6-10-26/h4-6,9-10,12,14-15,17-19,21,23,30-31,36,41H,7-8,11,20,22H2,1-3H3,(H,37,42). The van der Waals surface area contributed by atoms with Crippen molar-refractivity contribution in [3.05, 3.63) is 101 Å². The first-order valence-corrected chi connectivity index (χ1v) is 14.6. The summed E-state index contributed by atoms with van der Waals surface area (Å²) in [6, 6.07) is 21.7. The summed E-state index contributed by atoms with van der Waals surface area (Å²) in [5.74, 6) is 6.27. The molecule has 1 aliphatic rings. The Morgan fingerprint density at radius 1 is 1.05 bits per heavy atom. The van der Waals surface area contributed by atoms with E-state index in [0.717, 1.165) is 29.5 Å². The average molecular weight is 576 g/mol. The van der Waals surface area contributed by atoms with Crippen LogP contribution in [0.15, 0.2) is 79.0 Å². The Hall–Kier alpha value is -4.87. The van der Waals surface area contributed by atoms with Gasteiger partial charge in [-0.15, -0.1) is 0 Å². The fraction of sp³-hybridized carbons (Fsp3) is 0.286. The number of nitrogens with zero attached hydrogens (tertiary/aromatic N) is 3. The van der Waals surface area contributed by atoms with Crippen LogP contribution < -0.4 is 10.6 Å². The maximum absolute atomic E-state index is 13.5. The van der Waals surface area contributed by atoms with Gasteiger partial charge >= 0.3 is 0 Å². The van der Waals surface area contributed by atoms with E-state index in [2.05, 4.69) is 27.6 Å². The second-order valence-electron chi connectivity index (χ2n) is 11.0. The van der Waals surface area contributed by atoms with E-state index in [1.807, 2.05) is 86.9 Å². The first-order valence-electron chi connectivity index (χ1n) is 14.6. The van der Waals surface area contributed by atoms with Gasteiger partial charge < -0.3 is 20.6 Å². The highest BCUT2D eigenvalue weighted by atomic mass is 16.3. The number of likely N-dealkylation sites (N-methyl/N-ethyl adjacent to an activating group) is 1. The number of aromatic nitrogens is 2. The van der Waals surface area contributed by atoms with Crippen molar-refractivity contribution < 1.29 is 14.7 Å². The Bertz CT molecular complexity index is 1650. The monoisotopic (exact) mass is 575 g/mol. The van der Waals surface area contributed by atoms with Gasteiger partial charge in [0.25, 0.3) is 0 Å². The minimum absolute atomic E-state index is 0.0504. The van der Waals surface area contributed by atoms with Crippen molar-refractivity contribution in [1.29, 1.82) is 0 Å². The van der Waals surface area contributed by atoms with E-state index < -0.39 is 12.1 Å². The van der Waals surface area contributed by atoms with Crippen molar-refractivity contribution in [2.75, 3.05) is 18.9 Å². The van der Waals surface area contributed by atoms with Crippen molar-refractivity contribution in [2.45, 2.75) is 44.7 Å². The summed E-state index contributed by atoms with van der Waals surface area (Å²) in [5.41, 5.74) is 5.47. The summed E-state index contributed by atoms with van der Waals surface area (Å²) in [7, 11) is 3.61. The van der Waals surface area contributed by atoms with Gasteiger partial charge in [0.2, 0.25) is 11.8 Å². The average Bonchev–Trinajstić information content (AvgIpc) is 3.40. The molecule has 0 saturated carbocycles. The number of carbonyl (C=O) groups is 2. The van der Waals surface area contributed by atoms with E-state index in [4.69, 9.17) is 0 Å². The lowest BCUT2D eigenvalue weighted by atomic mass is 9.98. The topological polar surface area (TPSA) is 99.5 Å². The summed E-state index contributed by atoms with van der Waals surface area (Å²) >= 11 is 0. The molecule has 4 aromatic rings. The number of amides is 2. The zero-order chi connectivity index (χ0) is 30.3. The van der Waals surface area contributed by atoms with Crippen LogP contribution in [0.3, 0.4) is 0 Å². The molecule has 0 radical (unpaired) electrons. The first kappa shape index (κ1) is 29.6. The molecule has 8 nitrogen and oxygen atoms in total. The van der Waals surface area contributed by atoms with E-state index in [9.17, 15) is 14.7 Å². The highest BCUT2D eigenvalue weighted by molar-refractivity contribution is 5.98. The van der Waals surface area contributed by atoms with E-state index in [0.29, 0.717) is 41.9 Å². The molecule has 3 aromatic carbocycles. The van der Waals surface area contributed by atoms with Crippen LogP contribution in [0.2, 0.25) is 0 Å². The summed E-state index contributed by atoms with van der Waals surface area (Å²) in [6.07, 6.45) is 4.81. The van der Waals surface area contributed by atoms with E-state index in [1.165, 1.54) is 0 Å². The van der Waals surface area contributed by atoms with Crippen LogP contribution in [0, 0.1) is 18.8 Å². The number of hydrogen-bond acceptors (Lipinski definition) is 5. The molecule has 2 amide bonds. The highest BCUT2D eigenvalue weighted by Gasteiger charge is 2.35. The molecule has 0 spiro atoms. The molecule has 2 atom stereocenters. The number of hydrogen-bond donors (Lipinski definition) is 3. The molecule has 2 heterocycles. The lowest BCUT2D eigenvalue weighted by Gasteiger charge is -2.37. The number of anilines is 1. The molecular weight excluding hydrogens is 538 g/mol. The smallest absolute Gasteiger partial charge is 0.247 e. The molecule has 0 bridgehead atoms. The minimum atomic E-state index is -0.519. The maximum Gasteiger partial charge on any atom is 0.247 e. The van der Waals surface area contributed by atoms with Crippen LogP contribution in [0.25, 0.3) is 11.3 Å². The Morgan fingerprint density at radius 3 is 2.56 bits per heavy atom. The van der Waals surface area contributed by atoms with Crippen molar-refractivity contribution >= 4 is 17.5 Å². The summed E-state index contributed by atoms with van der Waals surface area (Å²) in [4.78, 5) is 28.7. The van der Waals surface area contributed by atoms with Gasteiger partial charge in [0.05, 0.1) is 11.6 Å². The second kappa shape index (κ2) is 13.4. The molecule has 1 aliphatic heterocycles. The van der Waals surface area contributed by atoms with Crippen molar-refractivity contribution in [2.24, 2.45) is 7.05 Å². The molecular formula is C35H37N5O3. The molecule has 0 aliphatic carbocycles. The van der Waals surface area contributed by atoms with Gasteiger partial charge in [-0.2, -0.15) is 5.10 Å². The normalized spacial score (nSPS) is 15.3.